The standard InChI is InChI=1S/C15H17Cl2N3/c1-2-6-18-10-12-5-7-19-15(20-12)9-11-3-4-13(16)14(17)8-11/h3-5,7-8,18H,2,6,9-10H2,1H3. The highest BCUT2D eigenvalue weighted by Crippen LogP contribution is 2.23. The minimum atomic E-state index is 0.560. The third-order valence-electron chi connectivity index (χ3n) is 2.84. The molecule has 3 nitrogen and oxygen atoms in total. The Hall–Kier alpha value is -1.16. The molecule has 0 atom stereocenters. The zero-order valence-corrected chi connectivity index (χ0v) is 12.9. The Morgan fingerprint density at radius 2 is 2.00 bits per heavy atom. The molecule has 0 saturated carbocycles. The summed E-state index contributed by atoms with van der Waals surface area (Å²) in [4.78, 5) is 8.84. The zero-order valence-electron chi connectivity index (χ0n) is 11.4. The molecule has 2 aromatic rings. The van der Waals surface area contributed by atoms with E-state index < -0.39 is 0 Å². The summed E-state index contributed by atoms with van der Waals surface area (Å²) in [5, 5.41) is 4.45. The number of halogens is 2. The van der Waals surface area contributed by atoms with Gasteiger partial charge in [0.05, 0.1) is 15.7 Å². The van der Waals surface area contributed by atoms with Gasteiger partial charge in [0.2, 0.25) is 0 Å². The van der Waals surface area contributed by atoms with E-state index in [4.69, 9.17) is 23.2 Å². The summed E-state index contributed by atoms with van der Waals surface area (Å²) in [6.07, 6.45) is 3.56. The van der Waals surface area contributed by atoms with Crippen molar-refractivity contribution in [2.24, 2.45) is 0 Å². The topological polar surface area (TPSA) is 37.8 Å². The molecule has 2 rings (SSSR count). The molecular weight excluding hydrogens is 293 g/mol. The van der Waals surface area contributed by atoms with Crippen LogP contribution in [0, 0.1) is 0 Å². The lowest BCUT2D eigenvalue weighted by Gasteiger charge is -2.06. The molecule has 1 aromatic heterocycles. The third kappa shape index (κ3) is 4.44. The Morgan fingerprint density at radius 1 is 1.15 bits per heavy atom. The van der Waals surface area contributed by atoms with E-state index in [9.17, 15) is 0 Å². The highest BCUT2D eigenvalue weighted by atomic mass is 35.5. The van der Waals surface area contributed by atoms with E-state index in [-0.39, 0.29) is 0 Å². The number of benzene rings is 1. The van der Waals surface area contributed by atoms with E-state index >= 15 is 0 Å². The molecule has 20 heavy (non-hydrogen) atoms. The van der Waals surface area contributed by atoms with Gasteiger partial charge in [-0.2, -0.15) is 0 Å². The van der Waals surface area contributed by atoms with Gasteiger partial charge >= 0.3 is 0 Å². The van der Waals surface area contributed by atoms with E-state index in [1.54, 1.807) is 12.3 Å². The van der Waals surface area contributed by atoms with Gasteiger partial charge in [0, 0.05) is 19.2 Å². The third-order valence-corrected chi connectivity index (χ3v) is 3.58. The van der Waals surface area contributed by atoms with Crippen molar-refractivity contribution in [3.8, 4) is 0 Å². The van der Waals surface area contributed by atoms with Crippen LogP contribution in [0.3, 0.4) is 0 Å². The number of nitrogens with one attached hydrogen (secondary N) is 1. The Labute approximate surface area is 129 Å². The Balaban J connectivity index is 2.05. The molecule has 0 spiro atoms. The van der Waals surface area contributed by atoms with Gasteiger partial charge in [0.15, 0.2) is 0 Å². The normalized spacial score (nSPS) is 10.8. The molecule has 0 aliphatic carbocycles. The quantitative estimate of drug-likeness (QED) is 0.823. The molecule has 1 aromatic carbocycles. The SMILES string of the molecule is CCCNCc1ccnc(Cc2ccc(Cl)c(Cl)c2)n1. The molecule has 1 N–H and O–H groups in total. The number of rotatable bonds is 6. The van der Waals surface area contributed by atoms with Gasteiger partial charge in [0.1, 0.15) is 5.82 Å². The van der Waals surface area contributed by atoms with Crippen molar-refractivity contribution in [2.75, 3.05) is 6.54 Å². The molecule has 1 heterocycles. The molecule has 0 amide bonds. The number of hydrogen-bond acceptors (Lipinski definition) is 3. The summed E-state index contributed by atoms with van der Waals surface area (Å²) in [5.74, 6) is 0.791. The smallest absolute Gasteiger partial charge is 0.132 e. The summed E-state index contributed by atoms with van der Waals surface area (Å²) in [5.41, 5.74) is 2.06. The van der Waals surface area contributed by atoms with Crippen molar-refractivity contribution in [3.63, 3.8) is 0 Å². The van der Waals surface area contributed by atoms with Gasteiger partial charge in [-0.25, -0.2) is 9.97 Å². The van der Waals surface area contributed by atoms with Crippen LogP contribution in [0.5, 0.6) is 0 Å². The van der Waals surface area contributed by atoms with Crippen molar-refractivity contribution >= 4 is 23.2 Å². The predicted molar refractivity (Wildman–Crippen MR) is 83.3 cm³/mol. The van der Waals surface area contributed by atoms with Gasteiger partial charge in [-0.1, -0.05) is 36.2 Å². The minimum Gasteiger partial charge on any atom is -0.311 e. The summed E-state index contributed by atoms with van der Waals surface area (Å²) in [6, 6.07) is 7.53. The van der Waals surface area contributed by atoms with E-state index in [0.717, 1.165) is 36.6 Å². The van der Waals surface area contributed by atoms with Crippen LogP contribution in [0.4, 0.5) is 0 Å². The average Bonchev–Trinajstić information content (AvgIpc) is 2.44. The molecule has 0 radical (unpaired) electrons. The zero-order chi connectivity index (χ0) is 14.4. The maximum atomic E-state index is 6.01. The van der Waals surface area contributed by atoms with Crippen molar-refractivity contribution in [1.29, 1.82) is 0 Å². The van der Waals surface area contributed by atoms with Gasteiger partial charge in [0.25, 0.3) is 0 Å². The van der Waals surface area contributed by atoms with Gasteiger partial charge in [-0.3, -0.25) is 0 Å². The molecule has 0 fully saturated rings. The Bertz CT molecular complexity index is 573. The lowest BCUT2D eigenvalue weighted by atomic mass is 10.1. The van der Waals surface area contributed by atoms with E-state index in [0.29, 0.717) is 16.5 Å². The van der Waals surface area contributed by atoms with Crippen LogP contribution in [-0.4, -0.2) is 16.5 Å². The lowest BCUT2D eigenvalue weighted by Crippen LogP contribution is -2.15. The first-order valence-electron chi connectivity index (χ1n) is 6.64. The number of aromatic nitrogens is 2. The maximum Gasteiger partial charge on any atom is 0.132 e. The minimum absolute atomic E-state index is 0.560. The summed E-state index contributed by atoms with van der Waals surface area (Å²) in [7, 11) is 0. The van der Waals surface area contributed by atoms with Gasteiger partial charge in [-0.15, -0.1) is 0 Å². The second-order valence-electron chi connectivity index (χ2n) is 4.57. The molecule has 0 unspecified atom stereocenters. The maximum absolute atomic E-state index is 6.01. The fourth-order valence-electron chi connectivity index (χ4n) is 1.85. The summed E-state index contributed by atoms with van der Waals surface area (Å²) >= 11 is 11.9. The first-order valence-corrected chi connectivity index (χ1v) is 7.40. The van der Waals surface area contributed by atoms with E-state index in [2.05, 4.69) is 22.2 Å². The highest BCUT2D eigenvalue weighted by molar-refractivity contribution is 6.42. The largest absolute Gasteiger partial charge is 0.311 e. The van der Waals surface area contributed by atoms with E-state index in [1.165, 1.54) is 0 Å². The molecule has 5 heteroatoms. The van der Waals surface area contributed by atoms with E-state index in [1.807, 2.05) is 18.2 Å². The lowest BCUT2D eigenvalue weighted by molar-refractivity contribution is 0.659. The Kier molecular flexibility index (Phi) is 5.77. The van der Waals surface area contributed by atoms with Crippen molar-refractivity contribution in [3.05, 3.63) is 57.6 Å². The van der Waals surface area contributed by atoms with Crippen molar-refractivity contribution in [1.82, 2.24) is 15.3 Å². The monoisotopic (exact) mass is 309 g/mol. The number of hydrogen-bond donors (Lipinski definition) is 1. The second-order valence-corrected chi connectivity index (χ2v) is 5.38. The molecular formula is C15H17Cl2N3. The van der Waals surface area contributed by atoms with Crippen LogP contribution >= 0.6 is 23.2 Å². The van der Waals surface area contributed by atoms with Gasteiger partial charge < -0.3 is 5.32 Å². The first kappa shape index (κ1) is 15.2. The first-order chi connectivity index (χ1) is 9.69. The van der Waals surface area contributed by atoms with Crippen molar-refractivity contribution in [2.45, 2.75) is 26.3 Å². The predicted octanol–water partition coefficient (Wildman–Crippen LogP) is 3.87. The molecule has 0 aliphatic heterocycles. The van der Waals surface area contributed by atoms with Crippen LogP contribution in [0.15, 0.2) is 30.5 Å². The van der Waals surface area contributed by atoms with Crippen LogP contribution in [0.1, 0.15) is 30.4 Å². The van der Waals surface area contributed by atoms with Crippen LogP contribution in [-0.2, 0) is 13.0 Å². The van der Waals surface area contributed by atoms with Crippen LogP contribution in [0.2, 0.25) is 10.0 Å². The Morgan fingerprint density at radius 3 is 2.75 bits per heavy atom. The summed E-state index contributed by atoms with van der Waals surface area (Å²) in [6.45, 7) is 3.90. The van der Waals surface area contributed by atoms with Crippen LogP contribution in [0.25, 0.3) is 0 Å². The average molecular weight is 310 g/mol. The highest BCUT2D eigenvalue weighted by Gasteiger charge is 2.04. The van der Waals surface area contributed by atoms with Crippen molar-refractivity contribution < 1.29 is 0 Å². The molecule has 0 saturated heterocycles. The van der Waals surface area contributed by atoms with Gasteiger partial charge in [-0.05, 0) is 36.7 Å². The fourth-order valence-corrected chi connectivity index (χ4v) is 2.17. The second kappa shape index (κ2) is 7.58. The molecule has 0 bridgehead atoms. The fraction of sp³-hybridized carbons (Fsp3) is 0.333. The molecule has 106 valence electrons. The number of nitrogens with zero attached hydrogens (tertiary/aromatic N) is 2. The van der Waals surface area contributed by atoms with Crippen LogP contribution < -0.4 is 5.32 Å². The summed E-state index contributed by atoms with van der Waals surface area (Å²) < 4.78 is 0. The molecule has 0 aliphatic rings.